The van der Waals surface area contributed by atoms with E-state index in [1.807, 2.05) is 5.92 Å². The molecule has 1 rings (SSSR count). The van der Waals surface area contributed by atoms with Crippen LogP contribution in [0.3, 0.4) is 0 Å². The maximum atomic E-state index is 12.6. The van der Waals surface area contributed by atoms with Crippen molar-refractivity contribution in [1.29, 1.82) is 0 Å². The monoisotopic (exact) mass is 179 g/mol. The first kappa shape index (κ1) is 9.07. The molecule has 0 atom stereocenters. The topological polar surface area (TPSA) is 63.3 Å². The van der Waals surface area contributed by atoms with Gasteiger partial charge in [0.2, 0.25) is 0 Å². The molecule has 0 bridgehead atoms. The normalized spacial score (nSPS) is 8.69. The summed E-state index contributed by atoms with van der Waals surface area (Å²) in [6.45, 7) is 0. The second kappa shape index (κ2) is 3.59. The maximum Gasteiger partial charge on any atom is 0.293 e. The van der Waals surface area contributed by atoms with E-state index in [0.717, 1.165) is 12.1 Å². The molecule has 3 nitrogen and oxygen atoms in total. The Morgan fingerprint density at radius 1 is 1.46 bits per heavy atom. The Morgan fingerprint density at radius 3 is 2.69 bits per heavy atom. The first-order chi connectivity index (χ1) is 6.08. The maximum absolute atomic E-state index is 12.6. The number of carbonyl (C=O) groups is 1. The number of aromatic hydroxyl groups is 1. The van der Waals surface area contributed by atoms with Crippen LogP contribution in [0.5, 0.6) is 5.75 Å². The quantitative estimate of drug-likeness (QED) is 0.565. The molecule has 0 spiro atoms. The van der Waals surface area contributed by atoms with Crippen molar-refractivity contribution >= 4 is 5.91 Å². The Balaban J connectivity index is 3.04. The minimum Gasteiger partial charge on any atom is -0.508 e. The lowest BCUT2D eigenvalue weighted by atomic mass is 10.2. The van der Waals surface area contributed by atoms with E-state index in [9.17, 15) is 9.18 Å². The number of carbonyl (C=O) groups excluding carboxylic acids is 1. The van der Waals surface area contributed by atoms with Crippen LogP contribution in [0.15, 0.2) is 18.2 Å². The van der Waals surface area contributed by atoms with E-state index in [4.69, 9.17) is 10.8 Å². The van der Waals surface area contributed by atoms with E-state index in [1.165, 1.54) is 6.07 Å². The predicted molar refractivity (Wildman–Crippen MR) is 44.1 cm³/mol. The van der Waals surface area contributed by atoms with Crippen LogP contribution in [0.1, 0.15) is 5.56 Å². The Labute approximate surface area is 74.0 Å². The summed E-state index contributed by atoms with van der Waals surface area (Å²) in [6.07, 6.45) is 0. The zero-order chi connectivity index (χ0) is 9.84. The number of benzene rings is 1. The molecule has 0 fully saturated rings. The molecule has 0 saturated heterocycles. The van der Waals surface area contributed by atoms with Gasteiger partial charge in [-0.05, 0) is 18.1 Å². The van der Waals surface area contributed by atoms with E-state index in [-0.39, 0.29) is 11.3 Å². The van der Waals surface area contributed by atoms with Crippen molar-refractivity contribution < 1.29 is 14.3 Å². The highest BCUT2D eigenvalue weighted by molar-refractivity contribution is 5.92. The number of primary amides is 1. The summed E-state index contributed by atoms with van der Waals surface area (Å²) >= 11 is 0. The van der Waals surface area contributed by atoms with E-state index in [2.05, 4.69) is 5.92 Å². The third-order valence-electron chi connectivity index (χ3n) is 1.21. The Hall–Kier alpha value is -2.02. The van der Waals surface area contributed by atoms with Crippen molar-refractivity contribution in [2.75, 3.05) is 0 Å². The minimum absolute atomic E-state index is 0.205. The van der Waals surface area contributed by atoms with Crippen molar-refractivity contribution in [3.63, 3.8) is 0 Å². The van der Waals surface area contributed by atoms with Gasteiger partial charge in [-0.1, -0.05) is 5.92 Å². The van der Waals surface area contributed by atoms with Crippen molar-refractivity contribution in [2.24, 2.45) is 5.73 Å². The van der Waals surface area contributed by atoms with E-state index in [0.29, 0.717) is 0 Å². The fourth-order valence-electron chi connectivity index (χ4n) is 0.780. The van der Waals surface area contributed by atoms with Crippen LogP contribution in [-0.4, -0.2) is 11.0 Å². The molecule has 66 valence electrons. The van der Waals surface area contributed by atoms with Crippen LogP contribution in [0, 0.1) is 17.7 Å². The van der Waals surface area contributed by atoms with Crippen molar-refractivity contribution in [1.82, 2.24) is 0 Å². The minimum atomic E-state index is -0.802. The number of rotatable bonds is 0. The fourth-order valence-corrected chi connectivity index (χ4v) is 0.780. The van der Waals surface area contributed by atoms with Gasteiger partial charge in [0, 0.05) is 11.6 Å². The Morgan fingerprint density at radius 2 is 2.15 bits per heavy atom. The lowest BCUT2D eigenvalue weighted by Crippen LogP contribution is -2.06. The van der Waals surface area contributed by atoms with Gasteiger partial charge in [0.25, 0.3) is 5.91 Å². The third-order valence-corrected chi connectivity index (χ3v) is 1.21. The molecular weight excluding hydrogens is 173 g/mol. The van der Waals surface area contributed by atoms with Gasteiger partial charge >= 0.3 is 0 Å². The first-order valence-corrected chi connectivity index (χ1v) is 3.39. The highest BCUT2D eigenvalue weighted by Crippen LogP contribution is 2.13. The summed E-state index contributed by atoms with van der Waals surface area (Å²) in [5.74, 6) is 2.67. The van der Waals surface area contributed by atoms with Gasteiger partial charge in [-0.25, -0.2) is 4.39 Å². The highest BCUT2D eigenvalue weighted by Gasteiger charge is 1.96. The van der Waals surface area contributed by atoms with Crippen molar-refractivity contribution in [3.8, 4) is 17.6 Å². The number of amides is 1. The molecular formula is C9H6FNO2. The number of halogens is 1. The van der Waals surface area contributed by atoms with E-state index >= 15 is 0 Å². The van der Waals surface area contributed by atoms with Crippen LogP contribution < -0.4 is 5.73 Å². The molecule has 0 aliphatic heterocycles. The van der Waals surface area contributed by atoms with Crippen molar-refractivity contribution in [3.05, 3.63) is 29.6 Å². The molecule has 1 aromatic carbocycles. The first-order valence-electron chi connectivity index (χ1n) is 3.39. The summed E-state index contributed by atoms with van der Waals surface area (Å²) in [6, 6.07) is 3.27. The number of phenols is 1. The number of hydrogen-bond donors (Lipinski definition) is 2. The van der Waals surface area contributed by atoms with Gasteiger partial charge in [-0.2, -0.15) is 0 Å². The van der Waals surface area contributed by atoms with Gasteiger partial charge in [-0.15, -0.1) is 0 Å². The lowest BCUT2D eigenvalue weighted by Gasteiger charge is -1.93. The lowest BCUT2D eigenvalue weighted by molar-refractivity contribution is -0.112. The summed E-state index contributed by atoms with van der Waals surface area (Å²) in [7, 11) is 0. The summed E-state index contributed by atoms with van der Waals surface area (Å²) < 4.78 is 12.6. The molecule has 13 heavy (non-hydrogen) atoms. The Kier molecular flexibility index (Phi) is 2.50. The number of hydrogen-bond acceptors (Lipinski definition) is 2. The summed E-state index contributed by atoms with van der Waals surface area (Å²) in [5.41, 5.74) is 4.95. The van der Waals surface area contributed by atoms with Crippen LogP contribution in [0.2, 0.25) is 0 Å². The van der Waals surface area contributed by atoms with Gasteiger partial charge < -0.3 is 10.8 Å². The molecule has 4 heteroatoms. The van der Waals surface area contributed by atoms with E-state index in [1.54, 1.807) is 0 Å². The summed E-state index contributed by atoms with van der Waals surface area (Å²) in [5, 5.41) is 8.94. The zero-order valence-corrected chi connectivity index (χ0v) is 6.54. The fraction of sp³-hybridized carbons (Fsp3) is 0. The molecule has 3 N–H and O–H groups in total. The zero-order valence-electron chi connectivity index (χ0n) is 6.54. The predicted octanol–water partition coefficient (Wildman–Crippen LogP) is 0.368. The molecule has 0 heterocycles. The number of phenolic OH excluding ortho intramolecular Hbond substituents is 1. The molecule has 1 amide bonds. The molecule has 0 radical (unpaired) electrons. The Bertz CT molecular complexity index is 384. The SMILES string of the molecule is NC(=O)C#Cc1cc(O)cc(F)c1. The molecule has 0 aliphatic carbocycles. The smallest absolute Gasteiger partial charge is 0.293 e. The average molecular weight is 179 g/mol. The van der Waals surface area contributed by atoms with Gasteiger partial charge in [-0.3, -0.25) is 4.79 Å². The second-order valence-electron chi connectivity index (χ2n) is 2.31. The molecule has 1 aromatic rings. The largest absolute Gasteiger partial charge is 0.508 e. The standard InChI is InChI=1S/C9H6FNO2/c10-7-3-6(1-2-9(11)13)4-8(12)5-7/h3-5,12H,(H2,11,13). The van der Waals surface area contributed by atoms with Crippen LogP contribution in [0.25, 0.3) is 0 Å². The van der Waals surface area contributed by atoms with Crippen LogP contribution in [0.4, 0.5) is 4.39 Å². The molecule has 0 aromatic heterocycles. The average Bonchev–Trinajstić information content (AvgIpc) is 1.99. The van der Waals surface area contributed by atoms with Crippen molar-refractivity contribution in [2.45, 2.75) is 0 Å². The van der Waals surface area contributed by atoms with Crippen LogP contribution >= 0.6 is 0 Å². The molecule has 0 unspecified atom stereocenters. The second-order valence-corrected chi connectivity index (χ2v) is 2.31. The number of nitrogens with two attached hydrogens (primary N) is 1. The van der Waals surface area contributed by atoms with Gasteiger partial charge in [0.15, 0.2) is 0 Å². The van der Waals surface area contributed by atoms with Gasteiger partial charge in [0.05, 0.1) is 0 Å². The highest BCUT2D eigenvalue weighted by atomic mass is 19.1. The van der Waals surface area contributed by atoms with Crippen LogP contribution in [-0.2, 0) is 4.79 Å². The third kappa shape index (κ3) is 2.83. The molecule has 0 aliphatic rings. The molecule has 0 saturated carbocycles. The van der Waals surface area contributed by atoms with Gasteiger partial charge in [0.1, 0.15) is 11.6 Å². The van der Waals surface area contributed by atoms with E-state index < -0.39 is 11.7 Å². The summed E-state index contributed by atoms with van der Waals surface area (Å²) in [4.78, 5) is 10.2.